The van der Waals surface area contributed by atoms with E-state index in [0.29, 0.717) is 77.5 Å². The summed E-state index contributed by atoms with van der Waals surface area (Å²) in [4.78, 5) is 193. The molecule has 808 valence electrons. The maximum Gasteiger partial charge on any atom is 0.472 e. The van der Waals surface area contributed by atoms with E-state index in [2.05, 4.69) is 74.8 Å². The van der Waals surface area contributed by atoms with Crippen LogP contribution >= 0.6 is 51.5 Å². The van der Waals surface area contributed by atoms with Gasteiger partial charge in [-0.2, -0.15) is 15.5 Å². The van der Waals surface area contributed by atoms with Crippen LogP contribution in [0.3, 0.4) is 0 Å². The predicted octanol–water partition coefficient (Wildman–Crippen LogP) is 7.03. The van der Waals surface area contributed by atoms with E-state index in [1.807, 2.05) is 0 Å². The molecule has 0 saturated carbocycles. The number of nitrogens with two attached hydrogens (primary N) is 3. The van der Waals surface area contributed by atoms with Crippen LogP contribution < -0.4 is 58.3 Å². The summed E-state index contributed by atoms with van der Waals surface area (Å²) in [7, 11) is -9.96. The quantitative estimate of drug-likeness (QED) is 0.00347. The van der Waals surface area contributed by atoms with E-state index in [1.165, 1.54) is 84.5 Å². The number of carbonyl (C=O) groups is 8. The Bertz CT molecular complexity index is 5400. The number of hydrogen-bond acceptors (Lipinski definition) is 48. The first-order valence-electron chi connectivity index (χ1n) is 44.3. The third-order valence-corrected chi connectivity index (χ3v) is 22.3. The number of nitro groups is 3. The summed E-state index contributed by atoms with van der Waals surface area (Å²) >= 11 is 3.15. The van der Waals surface area contributed by atoms with Crippen molar-refractivity contribution in [3.05, 3.63) is 121 Å². The first kappa shape index (κ1) is 126. The number of alkyl carbamates (subject to hydrolysis) is 4. The lowest BCUT2D eigenvalue weighted by molar-refractivity contribution is -0.388. The van der Waals surface area contributed by atoms with Crippen molar-refractivity contribution in [1.29, 1.82) is 10.5 Å². The fourth-order valence-electron chi connectivity index (χ4n) is 12.0. The van der Waals surface area contributed by atoms with Gasteiger partial charge in [0.2, 0.25) is 0 Å². The van der Waals surface area contributed by atoms with Gasteiger partial charge < -0.3 is 111 Å². The Balaban J connectivity index is 0.000000391. The van der Waals surface area contributed by atoms with Gasteiger partial charge in [-0.15, -0.1) is 0 Å². The molecule has 2 aliphatic heterocycles. The van der Waals surface area contributed by atoms with Gasteiger partial charge in [0.05, 0.1) is 34.3 Å². The van der Waals surface area contributed by atoms with Gasteiger partial charge >= 0.3 is 86.6 Å². The lowest BCUT2D eigenvalue weighted by atomic mass is 10.1. The standard InChI is InChI=1S/C19H26N8O13P2.2C18H25N5O6S.C16H24N4O6S.C11H22N2O4/c20-11-1-2-26(19(30)25-11)12-3-8(9(38-12)4-36-41(31,32)33)40-42(34,35)37-5-10-14(28)15(29)18(39-10)27-7-24-13-16(21)22-6-23-17(13)27;2*1-18(2,3)29-17(25)22-13(16(24)28-12-9-19)7-4-5-11-21-30-15-14(23(26)27)8-6-10-20-15;1-16(2,3)26-15(23)19-11(14(21)22)7-4-5-10-18-27-13-12(20(24)25)8-6-9-17-13;1-11(2,3)17-10(16)13-8(9(14)15)6-4-5-7-12/h1-2,6-10,12,14-15,18,28-29H,3-5H2,(H,34,35)(H2,20,25,30)(H2,21,22,23)(H2,31,32,33);2*6,8,10,13,21H,4-5,7,11-12H2,1-3H3,(H,22,25);6,8-9,11,18H,4-5,7,10H2,1-3H3,(H,19,23)(H,21,22);8H,4-7,12H2,1-3H3,(H,13,16)(H,14,15)/t8-,9+,10+,12+,14+,15+,18+;2*13-;11-;8-/m00000/s1. The minimum absolute atomic E-state index is 0.0704. The first-order valence-corrected chi connectivity index (χ1v) is 49.8. The molecule has 1 unspecified atom stereocenters. The summed E-state index contributed by atoms with van der Waals surface area (Å²) in [6.45, 7) is 20.1. The number of nitriles is 2. The number of nitrogens with one attached hydrogen (secondary N) is 7. The molecule has 8 heterocycles. The fraction of sp³-hybridized carbons (Fsp3) is 0.585. The number of anilines is 2. The number of nitrogen functional groups attached to an aromatic ring is 2. The normalized spacial score (nSPS) is 17.2. The minimum atomic E-state index is -4.99. The van der Waals surface area contributed by atoms with Crippen LogP contribution in [0.2, 0.25) is 0 Å². The lowest BCUT2D eigenvalue weighted by Crippen LogP contribution is -2.44. The van der Waals surface area contributed by atoms with Gasteiger partial charge in [-0.3, -0.25) is 67.2 Å². The van der Waals surface area contributed by atoms with Gasteiger partial charge in [-0.25, -0.2) is 82.2 Å². The van der Waals surface area contributed by atoms with Crippen LogP contribution in [0.1, 0.15) is 179 Å². The van der Waals surface area contributed by atoms with Crippen molar-refractivity contribution < 1.29 is 149 Å². The number of aliphatic hydroxyl groups is 2. The number of ether oxygens (including phenoxy) is 8. The van der Waals surface area contributed by atoms with Crippen LogP contribution in [0, 0.1) is 53.0 Å². The molecule has 0 bridgehead atoms. The third kappa shape index (κ3) is 49.2. The zero-order valence-corrected chi connectivity index (χ0v) is 85.6. The topological polar surface area (TPSA) is 870 Å². The fourth-order valence-corrected chi connectivity index (χ4v) is 15.5. The van der Waals surface area contributed by atoms with Gasteiger partial charge in [0.15, 0.2) is 46.0 Å². The molecule has 4 amide bonds. The maximum atomic E-state index is 12.9. The van der Waals surface area contributed by atoms with Crippen LogP contribution in [-0.2, 0) is 79.8 Å². The summed E-state index contributed by atoms with van der Waals surface area (Å²) in [5.74, 6) is -3.62. The molecule has 64 heteroatoms. The molecular weight excluding hydrogens is 2040 g/mol. The molecule has 146 heavy (non-hydrogen) atoms. The van der Waals surface area contributed by atoms with E-state index in [4.69, 9.17) is 89.6 Å². The molecule has 12 atom stereocenters. The monoisotopic (exact) mass is 2160 g/mol. The molecule has 8 rings (SSSR count). The number of unbranched alkanes of at least 4 members (excludes halogenated alkanes) is 4. The number of nitrogens with zero attached hydrogens (tertiary/aromatic N) is 14. The van der Waals surface area contributed by atoms with Crippen LogP contribution in [0.5, 0.6) is 0 Å². The molecule has 20 N–H and O–H groups in total. The van der Waals surface area contributed by atoms with E-state index in [1.54, 1.807) is 95.2 Å². The minimum Gasteiger partial charge on any atom is -0.480 e. The van der Waals surface area contributed by atoms with Crippen molar-refractivity contribution in [2.75, 3.05) is 64.1 Å². The lowest BCUT2D eigenvalue weighted by Gasteiger charge is -2.22. The van der Waals surface area contributed by atoms with E-state index < -0.39 is 200 Å². The maximum absolute atomic E-state index is 12.9. The molecule has 6 aromatic heterocycles. The van der Waals surface area contributed by atoms with E-state index >= 15 is 0 Å². The van der Waals surface area contributed by atoms with Gasteiger partial charge in [0, 0.05) is 69.0 Å². The number of pyridine rings is 3. The number of rotatable bonds is 48. The number of aliphatic carboxylic acids is 2. The van der Waals surface area contributed by atoms with Crippen LogP contribution in [0.25, 0.3) is 11.2 Å². The molecule has 2 fully saturated rings. The number of carboxylic acid groups (broad SMARTS) is 2. The Morgan fingerprint density at radius 2 is 0.938 bits per heavy atom. The number of fused-ring (bicyclic) bond motifs is 1. The first-order chi connectivity index (χ1) is 68.4. The van der Waals surface area contributed by atoms with Crippen LogP contribution in [-0.4, -0.2) is 272 Å². The Labute approximate surface area is 848 Å². The average molecular weight is 2160 g/mol. The Morgan fingerprint density at radius 3 is 1.31 bits per heavy atom. The Hall–Kier alpha value is -12.4. The zero-order valence-electron chi connectivity index (χ0n) is 81.4. The van der Waals surface area contributed by atoms with E-state index in [0.717, 1.165) is 46.8 Å². The molecule has 0 spiro atoms. The number of phosphoric ester groups is 2. The van der Waals surface area contributed by atoms with E-state index in [9.17, 15) is 103 Å². The Kier molecular flexibility index (Phi) is 53.3. The van der Waals surface area contributed by atoms with Gasteiger partial charge in [-0.1, -0.05) is 0 Å². The van der Waals surface area contributed by atoms with Crippen molar-refractivity contribution >= 4 is 140 Å². The summed E-state index contributed by atoms with van der Waals surface area (Å²) in [6.07, 6.45) is 1.31. The van der Waals surface area contributed by atoms with Gasteiger partial charge in [-0.05, 0) is 227 Å². The van der Waals surface area contributed by atoms with Gasteiger partial charge in [0.1, 0.15) is 113 Å². The number of aromatic nitrogens is 9. The highest BCUT2D eigenvalue weighted by Crippen LogP contribution is 2.50. The predicted molar refractivity (Wildman–Crippen MR) is 515 cm³/mol. The second-order valence-corrected chi connectivity index (χ2v) is 40.0. The number of carbonyl (C=O) groups excluding carboxylic acids is 6. The number of esters is 2. The summed E-state index contributed by atoms with van der Waals surface area (Å²) in [5, 5.41) is 99.5. The molecule has 0 radical (unpaired) electrons. The van der Waals surface area contributed by atoms with Crippen molar-refractivity contribution in [2.45, 2.75) is 271 Å². The van der Waals surface area contributed by atoms with Crippen molar-refractivity contribution in [3.8, 4) is 12.1 Å². The van der Waals surface area contributed by atoms with Gasteiger partial charge in [0.25, 0.3) is 0 Å². The van der Waals surface area contributed by atoms with Crippen LogP contribution in [0.15, 0.2) is 99.8 Å². The number of phosphoric acid groups is 2. The number of imidazole rings is 1. The highest BCUT2D eigenvalue weighted by Gasteiger charge is 2.48. The molecular formula is C82H122N24O35P2S3. The second kappa shape index (κ2) is 61.9. The number of aliphatic hydroxyl groups excluding tert-OH is 2. The molecule has 2 aliphatic rings. The molecule has 2 saturated heterocycles. The largest absolute Gasteiger partial charge is 0.480 e. The molecule has 6 aromatic rings. The highest BCUT2D eigenvalue weighted by atomic mass is 32.2. The summed E-state index contributed by atoms with van der Waals surface area (Å²) in [6, 6.07) is 9.44. The highest BCUT2D eigenvalue weighted by molar-refractivity contribution is 7.97. The number of hydrogen-bond donors (Lipinski definition) is 17. The van der Waals surface area contributed by atoms with Crippen molar-refractivity contribution in [3.63, 3.8) is 0 Å². The van der Waals surface area contributed by atoms with Crippen molar-refractivity contribution in [1.82, 2.24) is 79.5 Å². The Morgan fingerprint density at radius 1 is 0.548 bits per heavy atom. The molecule has 0 aliphatic carbocycles. The molecule has 0 aromatic carbocycles. The summed E-state index contributed by atoms with van der Waals surface area (Å²) < 4.78 is 91.2. The zero-order chi connectivity index (χ0) is 109. The number of amides is 4. The smallest absolute Gasteiger partial charge is 0.472 e. The summed E-state index contributed by atoms with van der Waals surface area (Å²) in [5.41, 5.74) is 13.1. The average Bonchev–Trinajstić information content (AvgIpc) is 1.62. The van der Waals surface area contributed by atoms with Crippen molar-refractivity contribution in [2.24, 2.45) is 5.73 Å². The molecule has 59 nitrogen and oxygen atoms in total. The van der Waals surface area contributed by atoms with E-state index in [-0.39, 0.29) is 80.6 Å². The third-order valence-electron chi connectivity index (χ3n) is 18.3. The SMILES string of the molecule is CC(C)(C)OC(=O)N[C@@H](CCCCN)C(=O)O.CC(C)(C)OC(=O)N[C@@H](CCCCNSc1ncccc1[N+](=O)[O-])C(=O)O.CC(C)(C)OC(=O)N[C@@H](CCCCNSc1ncccc1[N+](=O)[O-])C(=O)OCC#N.CC(C)(C)OC(=O)N[C@@H](CCCCNSc1ncccc1[N+](=O)[O-])C(=O)OCC#N.Nc1ccn([C@H]2C[C@H](OP(=O)(O)OC[C@H]3O[C@@H](n4cnc5c(N)ncnc54)[C@H](O)[C@@H]3O)[C@@H](COP(=O)(O)O)O2)c(=O)n1. The van der Waals surface area contributed by atoms with Crippen LogP contribution in [0.4, 0.5) is 47.9 Å². The number of carboxylic acids is 2. The second-order valence-electron chi connectivity index (χ2n) is 34.7.